The lowest BCUT2D eigenvalue weighted by Gasteiger charge is -2.32. The number of anilines is 2. The number of rotatable bonds is 3. The van der Waals surface area contributed by atoms with Crippen molar-refractivity contribution in [3.63, 3.8) is 0 Å². The molecule has 4 heterocycles. The van der Waals surface area contributed by atoms with Gasteiger partial charge in [0.2, 0.25) is 5.89 Å². The second kappa shape index (κ2) is 7.57. The zero-order valence-corrected chi connectivity index (χ0v) is 16.0. The standard InChI is InChI=1S/C22H21N5O2/c23-14-16-11-17(26-7-9-28-10-8-26)13-18(12-16)27-6-4-19-21(15-27)29-22(25-19)20-3-1-2-5-24-20/h1-3,5,11-13H,4,6-10,15H2. The van der Waals surface area contributed by atoms with Gasteiger partial charge in [-0.3, -0.25) is 4.98 Å². The van der Waals surface area contributed by atoms with E-state index >= 15 is 0 Å². The van der Waals surface area contributed by atoms with E-state index in [1.807, 2.05) is 30.3 Å². The predicted octanol–water partition coefficient (Wildman–Crippen LogP) is 3.01. The molecule has 2 aliphatic rings. The van der Waals surface area contributed by atoms with Crippen molar-refractivity contribution in [3.8, 4) is 17.7 Å². The van der Waals surface area contributed by atoms with Gasteiger partial charge >= 0.3 is 0 Å². The molecular formula is C22H21N5O2. The number of fused-ring (bicyclic) bond motifs is 1. The Morgan fingerprint density at radius 3 is 2.59 bits per heavy atom. The number of hydrogen-bond donors (Lipinski definition) is 0. The first-order chi connectivity index (χ1) is 14.3. The molecule has 0 N–H and O–H groups in total. The number of aromatic nitrogens is 2. The molecule has 2 aliphatic heterocycles. The number of ether oxygens (including phenoxy) is 1. The Morgan fingerprint density at radius 1 is 1.00 bits per heavy atom. The van der Waals surface area contributed by atoms with Crippen LogP contribution in [0.3, 0.4) is 0 Å². The number of nitrogens with zero attached hydrogens (tertiary/aromatic N) is 5. The Hall–Kier alpha value is -3.37. The van der Waals surface area contributed by atoms with E-state index in [2.05, 4.69) is 31.9 Å². The van der Waals surface area contributed by atoms with Gasteiger partial charge in [-0.25, -0.2) is 4.98 Å². The minimum atomic E-state index is 0.567. The zero-order valence-electron chi connectivity index (χ0n) is 16.0. The van der Waals surface area contributed by atoms with Crippen LogP contribution < -0.4 is 9.80 Å². The Bertz CT molecular complexity index is 1050. The zero-order chi connectivity index (χ0) is 19.6. The highest BCUT2D eigenvalue weighted by atomic mass is 16.5. The number of morpholine rings is 1. The molecule has 146 valence electrons. The van der Waals surface area contributed by atoms with Crippen LogP contribution in [0, 0.1) is 11.3 Å². The Morgan fingerprint density at radius 2 is 1.83 bits per heavy atom. The minimum Gasteiger partial charge on any atom is -0.438 e. The summed E-state index contributed by atoms with van der Waals surface area (Å²) in [6, 6.07) is 14.1. The Balaban J connectivity index is 1.42. The van der Waals surface area contributed by atoms with Crippen LogP contribution in [0.4, 0.5) is 11.4 Å². The van der Waals surface area contributed by atoms with Crippen LogP contribution in [-0.4, -0.2) is 42.8 Å². The lowest BCUT2D eigenvalue weighted by atomic mass is 10.1. The number of benzene rings is 1. The lowest BCUT2D eigenvalue weighted by Crippen LogP contribution is -2.36. The Kier molecular flexibility index (Phi) is 4.62. The molecule has 1 saturated heterocycles. The van der Waals surface area contributed by atoms with Gasteiger partial charge in [-0.15, -0.1) is 0 Å². The molecule has 2 aromatic heterocycles. The summed E-state index contributed by atoms with van der Waals surface area (Å²) in [6.07, 6.45) is 2.54. The summed E-state index contributed by atoms with van der Waals surface area (Å²) < 4.78 is 11.5. The van der Waals surface area contributed by atoms with Crippen LogP contribution in [0.2, 0.25) is 0 Å². The third kappa shape index (κ3) is 3.55. The average Bonchev–Trinajstić information content (AvgIpc) is 3.23. The molecule has 7 nitrogen and oxygen atoms in total. The van der Waals surface area contributed by atoms with E-state index in [0.29, 0.717) is 31.2 Å². The van der Waals surface area contributed by atoms with Gasteiger partial charge in [0.1, 0.15) is 11.5 Å². The first-order valence-electron chi connectivity index (χ1n) is 9.83. The Labute approximate surface area is 169 Å². The van der Waals surface area contributed by atoms with Crippen LogP contribution in [-0.2, 0) is 17.7 Å². The van der Waals surface area contributed by atoms with E-state index < -0.39 is 0 Å². The monoisotopic (exact) mass is 387 g/mol. The molecule has 29 heavy (non-hydrogen) atoms. The highest BCUT2D eigenvalue weighted by molar-refractivity contribution is 5.64. The maximum atomic E-state index is 9.52. The minimum absolute atomic E-state index is 0.567. The SMILES string of the molecule is N#Cc1cc(N2CCOCC2)cc(N2CCc3nc(-c4ccccn4)oc3C2)c1. The van der Waals surface area contributed by atoms with Crippen molar-refractivity contribution in [3.05, 3.63) is 59.6 Å². The maximum absolute atomic E-state index is 9.52. The summed E-state index contributed by atoms with van der Waals surface area (Å²) in [5.41, 5.74) is 4.51. The van der Waals surface area contributed by atoms with E-state index in [0.717, 1.165) is 54.6 Å². The van der Waals surface area contributed by atoms with Gasteiger partial charge in [0.15, 0.2) is 0 Å². The molecule has 0 radical (unpaired) electrons. The van der Waals surface area contributed by atoms with Crippen molar-refractivity contribution in [2.45, 2.75) is 13.0 Å². The molecule has 5 rings (SSSR count). The van der Waals surface area contributed by atoms with Gasteiger partial charge in [-0.05, 0) is 30.3 Å². The van der Waals surface area contributed by atoms with Crippen LogP contribution in [0.25, 0.3) is 11.6 Å². The topological polar surface area (TPSA) is 78.4 Å². The molecule has 0 unspecified atom stereocenters. The number of pyridine rings is 1. The third-order valence-corrected chi connectivity index (χ3v) is 5.39. The average molecular weight is 387 g/mol. The molecule has 3 aromatic rings. The smallest absolute Gasteiger partial charge is 0.245 e. The fraction of sp³-hybridized carbons (Fsp3) is 0.318. The summed E-state index contributed by atoms with van der Waals surface area (Å²) in [5, 5.41) is 9.52. The van der Waals surface area contributed by atoms with Gasteiger partial charge in [0, 0.05) is 43.6 Å². The third-order valence-electron chi connectivity index (χ3n) is 5.39. The van der Waals surface area contributed by atoms with E-state index in [9.17, 15) is 5.26 Å². The van der Waals surface area contributed by atoms with Crippen LogP contribution >= 0.6 is 0 Å². The summed E-state index contributed by atoms with van der Waals surface area (Å²) in [6.45, 7) is 4.58. The van der Waals surface area contributed by atoms with Crippen LogP contribution in [0.5, 0.6) is 0 Å². The number of hydrogen-bond acceptors (Lipinski definition) is 7. The molecule has 7 heteroatoms. The number of nitriles is 1. The van der Waals surface area contributed by atoms with Crippen LogP contribution in [0.15, 0.2) is 47.0 Å². The second-order valence-electron chi connectivity index (χ2n) is 7.22. The molecule has 1 aromatic carbocycles. The van der Waals surface area contributed by atoms with Crippen molar-refractivity contribution >= 4 is 11.4 Å². The van der Waals surface area contributed by atoms with E-state index in [-0.39, 0.29) is 0 Å². The predicted molar refractivity (Wildman–Crippen MR) is 109 cm³/mol. The van der Waals surface area contributed by atoms with Gasteiger partial charge in [0.05, 0.1) is 37.1 Å². The first kappa shape index (κ1) is 17.7. The normalized spacial score (nSPS) is 16.4. The van der Waals surface area contributed by atoms with Gasteiger partial charge in [0.25, 0.3) is 0 Å². The van der Waals surface area contributed by atoms with Gasteiger partial charge in [-0.1, -0.05) is 6.07 Å². The first-order valence-corrected chi connectivity index (χ1v) is 9.83. The fourth-order valence-electron chi connectivity index (χ4n) is 3.86. The molecule has 0 aliphatic carbocycles. The summed E-state index contributed by atoms with van der Waals surface area (Å²) in [5.74, 6) is 1.43. The number of oxazole rings is 1. The largest absolute Gasteiger partial charge is 0.438 e. The molecule has 0 bridgehead atoms. The second-order valence-corrected chi connectivity index (χ2v) is 7.22. The van der Waals surface area contributed by atoms with Crippen molar-refractivity contribution in [2.24, 2.45) is 0 Å². The van der Waals surface area contributed by atoms with Crippen molar-refractivity contribution in [1.29, 1.82) is 5.26 Å². The van der Waals surface area contributed by atoms with Crippen molar-refractivity contribution in [1.82, 2.24) is 9.97 Å². The summed E-state index contributed by atoms with van der Waals surface area (Å²) in [7, 11) is 0. The van der Waals surface area contributed by atoms with Crippen molar-refractivity contribution in [2.75, 3.05) is 42.6 Å². The maximum Gasteiger partial charge on any atom is 0.245 e. The molecule has 0 atom stereocenters. The van der Waals surface area contributed by atoms with Crippen molar-refractivity contribution < 1.29 is 9.15 Å². The molecule has 0 amide bonds. The van der Waals surface area contributed by atoms with E-state index in [1.54, 1.807) is 6.20 Å². The molecular weight excluding hydrogens is 366 g/mol. The molecule has 0 saturated carbocycles. The fourth-order valence-corrected chi connectivity index (χ4v) is 3.86. The van der Waals surface area contributed by atoms with E-state index in [1.165, 1.54) is 0 Å². The van der Waals surface area contributed by atoms with Crippen LogP contribution in [0.1, 0.15) is 17.0 Å². The van der Waals surface area contributed by atoms with E-state index in [4.69, 9.17) is 9.15 Å². The molecule has 0 spiro atoms. The van der Waals surface area contributed by atoms with Gasteiger partial charge < -0.3 is 19.0 Å². The summed E-state index contributed by atoms with van der Waals surface area (Å²) in [4.78, 5) is 13.5. The lowest BCUT2D eigenvalue weighted by molar-refractivity contribution is 0.122. The highest BCUT2D eigenvalue weighted by Gasteiger charge is 2.24. The summed E-state index contributed by atoms with van der Waals surface area (Å²) >= 11 is 0. The quantitative estimate of drug-likeness (QED) is 0.683. The highest BCUT2D eigenvalue weighted by Crippen LogP contribution is 2.31. The molecule has 1 fully saturated rings. The van der Waals surface area contributed by atoms with Gasteiger partial charge in [-0.2, -0.15) is 5.26 Å².